The smallest absolute Gasteiger partial charge is 0.257 e. The van der Waals surface area contributed by atoms with Crippen LogP contribution in [0.15, 0.2) is 18.2 Å². The van der Waals surface area contributed by atoms with Gasteiger partial charge in [0.2, 0.25) is 0 Å². The Morgan fingerprint density at radius 1 is 1.59 bits per heavy atom. The molecule has 1 unspecified atom stereocenters. The first kappa shape index (κ1) is 11.9. The number of nitrogens with one attached hydrogen (secondary N) is 1. The van der Waals surface area contributed by atoms with Gasteiger partial charge >= 0.3 is 0 Å². The summed E-state index contributed by atoms with van der Waals surface area (Å²) in [5.74, 6) is 0.532. The highest BCUT2D eigenvalue weighted by molar-refractivity contribution is 5.77. The minimum Gasteiger partial charge on any atom is -0.484 e. The second kappa shape index (κ2) is 5.19. The number of aryl methyl sites for hydroxylation is 1. The maximum atomic E-state index is 11.0. The Morgan fingerprint density at radius 2 is 2.41 bits per heavy atom. The first-order valence-corrected chi connectivity index (χ1v) is 5.85. The summed E-state index contributed by atoms with van der Waals surface area (Å²) in [6.07, 6.45) is 2.42. The van der Waals surface area contributed by atoms with Gasteiger partial charge in [0.25, 0.3) is 5.91 Å². The van der Waals surface area contributed by atoms with Gasteiger partial charge in [-0.15, -0.1) is 0 Å². The number of carbonyl (C=O) groups is 1. The monoisotopic (exact) mass is 235 g/mol. The van der Waals surface area contributed by atoms with Gasteiger partial charge in [0.05, 0.1) is 6.10 Å². The summed E-state index contributed by atoms with van der Waals surface area (Å²) < 4.78 is 5.37. The fraction of sp³-hybridized carbons (Fsp3) is 0.462. The molecule has 0 aliphatic heterocycles. The van der Waals surface area contributed by atoms with E-state index in [2.05, 4.69) is 5.32 Å². The third-order valence-corrected chi connectivity index (χ3v) is 3.05. The number of likely N-dealkylation sites (N-methyl/N-ethyl adjacent to an activating group) is 1. The Hall–Kier alpha value is -1.55. The number of hydrogen-bond acceptors (Lipinski definition) is 3. The average Bonchev–Trinajstić information content (AvgIpc) is 2.36. The number of aliphatic hydroxyl groups excluding tert-OH is 1. The highest BCUT2D eigenvalue weighted by Crippen LogP contribution is 2.31. The number of ether oxygens (including phenoxy) is 1. The average molecular weight is 235 g/mol. The van der Waals surface area contributed by atoms with Gasteiger partial charge in [-0.1, -0.05) is 6.07 Å². The summed E-state index contributed by atoms with van der Waals surface area (Å²) >= 11 is 0. The molecular formula is C13H17NO3. The normalized spacial score (nSPS) is 18.4. The highest BCUT2D eigenvalue weighted by Gasteiger charge is 2.18. The summed E-state index contributed by atoms with van der Waals surface area (Å²) in [7, 11) is 1.58. The lowest BCUT2D eigenvalue weighted by Crippen LogP contribution is -2.24. The van der Waals surface area contributed by atoms with Crippen molar-refractivity contribution in [3.8, 4) is 5.75 Å². The molecule has 4 heteroatoms. The molecule has 1 aromatic rings. The van der Waals surface area contributed by atoms with E-state index in [0.717, 1.165) is 30.4 Å². The van der Waals surface area contributed by atoms with Crippen LogP contribution in [-0.4, -0.2) is 24.7 Å². The molecule has 1 aromatic carbocycles. The molecule has 0 aromatic heterocycles. The molecule has 92 valence electrons. The van der Waals surface area contributed by atoms with Gasteiger partial charge in [0, 0.05) is 7.05 Å². The molecule has 2 rings (SSSR count). The zero-order valence-corrected chi connectivity index (χ0v) is 9.90. The van der Waals surface area contributed by atoms with Gasteiger partial charge in [0.1, 0.15) is 5.75 Å². The number of amides is 1. The molecule has 1 atom stereocenters. The molecular weight excluding hydrogens is 218 g/mol. The van der Waals surface area contributed by atoms with Crippen molar-refractivity contribution in [2.45, 2.75) is 25.4 Å². The van der Waals surface area contributed by atoms with Crippen molar-refractivity contribution in [2.24, 2.45) is 0 Å². The first-order valence-electron chi connectivity index (χ1n) is 5.85. The molecule has 0 radical (unpaired) electrons. The van der Waals surface area contributed by atoms with Crippen LogP contribution < -0.4 is 10.1 Å². The van der Waals surface area contributed by atoms with E-state index in [1.807, 2.05) is 12.1 Å². The molecule has 1 aliphatic carbocycles. The standard InChI is InChI=1S/C13H17NO3/c1-14-13(16)8-17-10-5-6-11-9(7-10)3-2-4-12(11)15/h5-7,12,15H,2-4,8H2,1H3,(H,14,16). The fourth-order valence-corrected chi connectivity index (χ4v) is 2.08. The van der Waals surface area contributed by atoms with Gasteiger partial charge in [-0.2, -0.15) is 0 Å². The van der Waals surface area contributed by atoms with Crippen molar-refractivity contribution in [3.05, 3.63) is 29.3 Å². The Kier molecular flexibility index (Phi) is 3.64. The predicted molar refractivity (Wildman–Crippen MR) is 63.9 cm³/mol. The number of hydrogen-bond donors (Lipinski definition) is 2. The Morgan fingerprint density at radius 3 is 3.18 bits per heavy atom. The molecule has 1 amide bonds. The van der Waals surface area contributed by atoms with E-state index < -0.39 is 0 Å². The van der Waals surface area contributed by atoms with Crippen molar-refractivity contribution in [2.75, 3.05) is 13.7 Å². The van der Waals surface area contributed by atoms with Crippen LogP contribution in [0.4, 0.5) is 0 Å². The molecule has 0 saturated heterocycles. The SMILES string of the molecule is CNC(=O)COc1ccc2c(c1)CCCC2O. The molecule has 0 saturated carbocycles. The Balaban J connectivity index is 2.08. The van der Waals surface area contributed by atoms with E-state index >= 15 is 0 Å². The molecule has 0 heterocycles. The molecule has 0 spiro atoms. The molecule has 17 heavy (non-hydrogen) atoms. The molecule has 2 N–H and O–H groups in total. The van der Waals surface area contributed by atoms with Crippen molar-refractivity contribution in [3.63, 3.8) is 0 Å². The number of rotatable bonds is 3. The van der Waals surface area contributed by atoms with Crippen molar-refractivity contribution >= 4 is 5.91 Å². The fourth-order valence-electron chi connectivity index (χ4n) is 2.08. The van der Waals surface area contributed by atoms with Gasteiger partial charge in [-0.3, -0.25) is 4.79 Å². The number of carbonyl (C=O) groups excluding carboxylic acids is 1. The number of aliphatic hydroxyl groups is 1. The minimum absolute atomic E-state index is 0.0256. The largest absolute Gasteiger partial charge is 0.484 e. The Bertz CT molecular complexity index is 417. The van der Waals surface area contributed by atoms with Gasteiger partial charge in [-0.25, -0.2) is 0 Å². The third kappa shape index (κ3) is 2.77. The van der Waals surface area contributed by atoms with Crippen LogP contribution in [0.5, 0.6) is 5.75 Å². The third-order valence-electron chi connectivity index (χ3n) is 3.05. The Labute approximate surface area is 101 Å². The lowest BCUT2D eigenvalue weighted by Gasteiger charge is -2.21. The van der Waals surface area contributed by atoms with E-state index in [4.69, 9.17) is 4.74 Å². The van der Waals surface area contributed by atoms with Crippen LogP contribution in [0.2, 0.25) is 0 Å². The van der Waals surface area contributed by atoms with Crippen LogP contribution in [0, 0.1) is 0 Å². The van der Waals surface area contributed by atoms with E-state index in [0.29, 0.717) is 5.75 Å². The van der Waals surface area contributed by atoms with Crippen LogP contribution in [0.3, 0.4) is 0 Å². The summed E-state index contributed by atoms with van der Waals surface area (Å²) in [6.45, 7) is 0.0256. The van der Waals surface area contributed by atoms with Crippen molar-refractivity contribution in [1.82, 2.24) is 5.32 Å². The molecule has 4 nitrogen and oxygen atoms in total. The van der Waals surface area contributed by atoms with E-state index in [1.54, 1.807) is 13.1 Å². The van der Waals surface area contributed by atoms with Gasteiger partial charge in [0.15, 0.2) is 6.61 Å². The zero-order chi connectivity index (χ0) is 12.3. The van der Waals surface area contributed by atoms with Gasteiger partial charge in [-0.05, 0) is 42.5 Å². The highest BCUT2D eigenvalue weighted by atomic mass is 16.5. The van der Waals surface area contributed by atoms with E-state index in [1.165, 1.54) is 0 Å². The minimum atomic E-state index is -0.355. The summed E-state index contributed by atoms with van der Waals surface area (Å²) in [6, 6.07) is 5.61. The van der Waals surface area contributed by atoms with Gasteiger partial charge < -0.3 is 15.2 Å². The van der Waals surface area contributed by atoms with Crippen LogP contribution in [0.25, 0.3) is 0 Å². The molecule has 0 fully saturated rings. The zero-order valence-electron chi connectivity index (χ0n) is 9.90. The second-order valence-corrected chi connectivity index (χ2v) is 4.23. The summed E-state index contributed by atoms with van der Waals surface area (Å²) in [4.78, 5) is 11.0. The van der Waals surface area contributed by atoms with Crippen LogP contribution >= 0.6 is 0 Å². The van der Waals surface area contributed by atoms with Crippen LogP contribution in [0.1, 0.15) is 30.1 Å². The molecule has 1 aliphatic rings. The maximum Gasteiger partial charge on any atom is 0.257 e. The first-order chi connectivity index (χ1) is 8.20. The quantitative estimate of drug-likeness (QED) is 0.827. The van der Waals surface area contributed by atoms with Crippen molar-refractivity contribution in [1.29, 1.82) is 0 Å². The predicted octanol–water partition coefficient (Wildman–Crippen LogP) is 1.18. The summed E-state index contributed by atoms with van der Waals surface area (Å²) in [5.41, 5.74) is 2.11. The lowest BCUT2D eigenvalue weighted by atomic mass is 9.89. The molecule has 0 bridgehead atoms. The van der Waals surface area contributed by atoms with E-state index in [-0.39, 0.29) is 18.6 Å². The van der Waals surface area contributed by atoms with Crippen LogP contribution in [-0.2, 0) is 11.2 Å². The lowest BCUT2D eigenvalue weighted by molar-refractivity contribution is -0.122. The second-order valence-electron chi connectivity index (χ2n) is 4.23. The maximum absolute atomic E-state index is 11.0. The number of benzene rings is 1. The summed E-state index contributed by atoms with van der Waals surface area (Å²) in [5, 5.41) is 12.3. The van der Waals surface area contributed by atoms with Crippen molar-refractivity contribution < 1.29 is 14.6 Å². The van der Waals surface area contributed by atoms with E-state index in [9.17, 15) is 9.90 Å². The number of fused-ring (bicyclic) bond motifs is 1. The topological polar surface area (TPSA) is 58.6 Å².